The van der Waals surface area contributed by atoms with E-state index in [0.29, 0.717) is 5.02 Å². The third-order valence-corrected chi connectivity index (χ3v) is 2.18. The van der Waals surface area contributed by atoms with Crippen LogP contribution in [0.5, 0.6) is 5.75 Å². The van der Waals surface area contributed by atoms with Gasteiger partial charge in [-0.1, -0.05) is 16.8 Å². The highest BCUT2D eigenvalue weighted by atomic mass is 35.5. The molecule has 0 atom stereocenters. The molecular weight excluding hydrogens is 246 g/mol. The molecule has 1 aromatic heterocycles. The summed E-state index contributed by atoms with van der Waals surface area (Å²) >= 11 is 5.74. The van der Waals surface area contributed by atoms with Crippen molar-refractivity contribution < 1.29 is 9.90 Å². The maximum Gasteiger partial charge on any atom is 0.232 e. The molecule has 1 amide bonds. The van der Waals surface area contributed by atoms with E-state index in [0.717, 1.165) is 0 Å². The molecule has 7 nitrogen and oxygen atoms in total. The fourth-order valence-electron chi connectivity index (χ4n) is 1.20. The van der Waals surface area contributed by atoms with E-state index in [1.807, 2.05) is 0 Å². The van der Waals surface area contributed by atoms with Gasteiger partial charge in [0.05, 0.1) is 12.1 Å². The van der Waals surface area contributed by atoms with Gasteiger partial charge in [-0.25, -0.2) is 0 Å². The fraction of sp³-hybridized carbons (Fsp3) is 0.111. The second-order valence-corrected chi connectivity index (χ2v) is 3.65. The Morgan fingerprint density at radius 1 is 1.53 bits per heavy atom. The molecule has 0 radical (unpaired) electrons. The predicted octanol–water partition coefficient (Wildman–Crippen LogP) is 0.740. The van der Waals surface area contributed by atoms with Crippen molar-refractivity contribution in [2.75, 3.05) is 5.32 Å². The van der Waals surface area contributed by atoms with Crippen LogP contribution in [0.25, 0.3) is 0 Å². The van der Waals surface area contributed by atoms with Crippen molar-refractivity contribution in [3.8, 4) is 5.75 Å². The zero-order valence-corrected chi connectivity index (χ0v) is 9.27. The van der Waals surface area contributed by atoms with Crippen LogP contribution in [0.3, 0.4) is 0 Å². The molecule has 0 unspecified atom stereocenters. The number of hydrogen-bond donors (Lipinski definition) is 3. The Morgan fingerprint density at radius 3 is 3.06 bits per heavy atom. The number of aromatic hydroxyl groups is 1. The second-order valence-electron chi connectivity index (χ2n) is 3.21. The maximum atomic E-state index is 11.6. The standard InChI is InChI=1S/C9H8ClN5O2/c10-5-1-2-7(16)6(3-5)11-9(17)4-8-12-14-15-13-8/h1-3,16H,4H2,(H,11,17)(H,12,13,14,15). The van der Waals surface area contributed by atoms with Crippen molar-refractivity contribution in [1.29, 1.82) is 0 Å². The average Bonchev–Trinajstić information content (AvgIpc) is 2.76. The number of phenols is 1. The smallest absolute Gasteiger partial charge is 0.232 e. The van der Waals surface area contributed by atoms with E-state index in [2.05, 4.69) is 25.9 Å². The molecule has 0 saturated carbocycles. The summed E-state index contributed by atoms with van der Waals surface area (Å²) in [4.78, 5) is 11.6. The predicted molar refractivity (Wildman–Crippen MR) is 59.6 cm³/mol. The molecule has 0 spiro atoms. The van der Waals surface area contributed by atoms with Gasteiger partial charge in [0.25, 0.3) is 0 Å². The molecule has 0 aliphatic carbocycles. The van der Waals surface area contributed by atoms with Gasteiger partial charge in [0, 0.05) is 5.02 Å². The molecule has 17 heavy (non-hydrogen) atoms. The van der Waals surface area contributed by atoms with Crippen molar-refractivity contribution in [1.82, 2.24) is 20.6 Å². The first kappa shape index (κ1) is 11.3. The van der Waals surface area contributed by atoms with E-state index >= 15 is 0 Å². The van der Waals surface area contributed by atoms with Crippen LogP contribution in [0, 0.1) is 0 Å². The number of aromatic amines is 1. The van der Waals surface area contributed by atoms with Crippen LogP contribution < -0.4 is 5.32 Å². The number of anilines is 1. The number of nitrogens with one attached hydrogen (secondary N) is 2. The number of amides is 1. The van der Waals surface area contributed by atoms with Crippen molar-refractivity contribution >= 4 is 23.2 Å². The highest BCUT2D eigenvalue weighted by molar-refractivity contribution is 6.31. The number of H-pyrrole nitrogens is 1. The molecule has 1 aromatic carbocycles. The molecule has 3 N–H and O–H groups in total. The summed E-state index contributed by atoms with van der Waals surface area (Å²) in [5.74, 6) is -0.163. The third-order valence-electron chi connectivity index (χ3n) is 1.94. The Hall–Kier alpha value is -2.15. The minimum absolute atomic E-state index is 0.0392. The van der Waals surface area contributed by atoms with Crippen LogP contribution in [0.1, 0.15) is 5.82 Å². The number of tetrazole rings is 1. The zero-order chi connectivity index (χ0) is 12.3. The number of halogens is 1. The first-order valence-electron chi connectivity index (χ1n) is 4.66. The second kappa shape index (κ2) is 4.79. The van der Waals surface area contributed by atoms with E-state index < -0.39 is 0 Å². The Bertz CT molecular complexity index is 528. The number of phenolic OH excluding ortho intramolecular Hbond substituents is 1. The molecule has 0 saturated heterocycles. The lowest BCUT2D eigenvalue weighted by Gasteiger charge is -2.06. The molecule has 0 fully saturated rings. The number of carbonyl (C=O) groups excluding carboxylic acids is 1. The minimum Gasteiger partial charge on any atom is -0.506 e. The number of hydrogen-bond acceptors (Lipinski definition) is 5. The van der Waals surface area contributed by atoms with Crippen molar-refractivity contribution in [3.05, 3.63) is 29.0 Å². The van der Waals surface area contributed by atoms with Crippen LogP contribution in [-0.4, -0.2) is 31.6 Å². The van der Waals surface area contributed by atoms with Crippen LogP contribution in [0.15, 0.2) is 18.2 Å². The van der Waals surface area contributed by atoms with Crippen molar-refractivity contribution in [2.24, 2.45) is 0 Å². The van der Waals surface area contributed by atoms with Gasteiger partial charge in [0.15, 0.2) is 5.82 Å². The number of rotatable bonds is 3. The lowest BCUT2D eigenvalue weighted by atomic mass is 10.2. The van der Waals surface area contributed by atoms with Crippen LogP contribution in [-0.2, 0) is 11.2 Å². The molecule has 2 aromatic rings. The number of nitrogens with zero attached hydrogens (tertiary/aromatic N) is 3. The highest BCUT2D eigenvalue weighted by Gasteiger charge is 2.10. The van der Waals surface area contributed by atoms with Gasteiger partial charge < -0.3 is 10.4 Å². The highest BCUT2D eigenvalue weighted by Crippen LogP contribution is 2.26. The molecule has 0 aliphatic rings. The SMILES string of the molecule is O=C(Cc1nn[nH]n1)Nc1cc(Cl)ccc1O. The Kier molecular flexibility index (Phi) is 3.20. The van der Waals surface area contributed by atoms with Crippen molar-refractivity contribution in [3.63, 3.8) is 0 Å². The Balaban J connectivity index is 2.05. The van der Waals surface area contributed by atoms with Crippen LogP contribution >= 0.6 is 11.6 Å². The van der Waals surface area contributed by atoms with Crippen LogP contribution in [0.4, 0.5) is 5.69 Å². The normalized spacial score (nSPS) is 10.2. The molecular formula is C9H8ClN5O2. The van der Waals surface area contributed by atoms with Gasteiger partial charge in [-0.05, 0) is 18.2 Å². The number of carbonyl (C=O) groups is 1. The number of aromatic nitrogens is 4. The monoisotopic (exact) mass is 253 g/mol. The van der Waals surface area contributed by atoms with E-state index in [1.165, 1.54) is 18.2 Å². The van der Waals surface area contributed by atoms with Crippen LogP contribution in [0.2, 0.25) is 5.02 Å². The fourth-order valence-corrected chi connectivity index (χ4v) is 1.38. The lowest BCUT2D eigenvalue weighted by Crippen LogP contribution is -2.15. The summed E-state index contributed by atoms with van der Waals surface area (Å²) < 4.78 is 0. The Morgan fingerprint density at radius 2 is 2.35 bits per heavy atom. The minimum atomic E-state index is -0.371. The zero-order valence-electron chi connectivity index (χ0n) is 8.51. The summed E-state index contributed by atoms with van der Waals surface area (Å²) in [5, 5.41) is 25.2. The topological polar surface area (TPSA) is 104 Å². The summed E-state index contributed by atoms with van der Waals surface area (Å²) in [6.07, 6.45) is -0.0392. The quantitative estimate of drug-likeness (QED) is 0.700. The maximum absolute atomic E-state index is 11.6. The summed E-state index contributed by atoms with van der Waals surface area (Å²) in [6, 6.07) is 4.36. The molecule has 2 rings (SSSR count). The summed E-state index contributed by atoms with van der Waals surface area (Å²) in [7, 11) is 0. The summed E-state index contributed by atoms with van der Waals surface area (Å²) in [5.41, 5.74) is 0.242. The van der Waals surface area contributed by atoms with E-state index in [9.17, 15) is 9.90 Å². The lowest BCUT2D eigenvalue weighted by molar-refractivity contribution is -0.115. The van der Waals surface area contributed by atoms with Gasteiger partial charge in [0.2, 0.25) is 5.91 Å². The number of benzene rings is 1. The molecule has 0 aliphatic heterocycles. The van der Waals surface area contributed by atoms with Gasteiger partial charge in [-0.2, -0.15) is 5.21 Å². The van der Waals surface area contributed by atoms with E-state index in [4.69, 9.17) is 11.6 Å². The van der Waals surface area contributed by atoms with E-state index in [1.54, 1.807) is 0 Å². The van der Waals surface area contributed by atoms with Gasteiger partial charge in [0.1, 0.15) is 5.75 Å². The Labute approximate surface area is 101 Å². The largest absolute Gasteiger partial charge is 0.506 e. The molecule has 1 heterocycles. The van der Waals surface area contributed by atoms with E-state index in [-0.39, 0.29) is 29.6 Å². The average molecular weight is 254 g/mol. The molecule has 8 heteroatoms. The van der Waals surface area contributed by atoms with Gasteiger partial charge in [-0.3, -0.25) is 4.79 Å². The first-order valence-corrected chi connectivity index (χ1v) is 5.03. The summed E-state index contributed by atoms with van der Waals surface area (Å²) in [6.45, 7) is 0. The first-order chi connectivity index (χ1) is 8.15. The molecule has 0 bridgehead atoms. The third kappa shape index (κ3) is 2.91. The van der Waals surface area contributed by atoms with Crippen molar-refractivity contribution in [2.45, 2.75) is 6.42 Å². The molecule has 88 valence electrons. The van der Waals surface area contributed by atoms with Gasteiger partial charge >= 0.3 is 0 Å². The van der Waals surface area contributed by atoms with Gasteiger partial charge in [-0.15, -0.1) is 10.2 Å².